The zero-order valence-corrected chi connectivity index (χ0v) is 10.7. The Labute approximate surface area is 102 Å². The Hall–Kier alpha value is -1.56. The Morgan fingerprint density at radius 3 is 2.71 bits per heavy atom. The molecule has 0 aliphatic rings. The molecule has 0 saturated carbocycles. The van der Waals surface area contributed by atoms with Crippen LogP contribution in [0.2, 0.25) is 0 Å². The first-order chi connectivity index (χ1) is 8.19. The van der Waals surface area contributed by atoms with Crippen LogP contribution in [0.3, 0.4) is 0 Å². The summed E-state index contributed by atoms with van der Waals surface area (Å²) in [7, 11) is 3.49. The van der Waals surface area contributed by atoms with E-state index >= 15 is 0 Å². The van der Waals surface area contributed by atoms with Crippen molar-refractivity contribution < 1.29 is 4.74 Å². The van der Waals surface area contributed by atoms with E-state index < -0.39 is 0 Å². The molecule has 1 aromatic rings. The number of nitrogens with one attached hydrogen (secondary N) is 2. The Morgan fingerprint density at radius 2 is 2.12 bits per heavy atom. The van der Waals surface area contributed by atoms with Crippen LogP contribution >= 0.6 is 0 Å². The van der Waals surface area contributed by atoms with Crippen LogP contribution in [-0.4, -0.2) is 36.8 Å². The quantitative estimate of drug-likeness (QED) is 0.665. The number of nitrogen functional groups attached to an aromatic ring is 1. The van der Waals surface area contributed by atoms with E-state index in [1.165, 1.54) is 0 Å². The standard InChI is InChI=1S/C11H21N5O/c1-4-5-8(7-17-3)14-10-6-9(13-2)15-11(12)16-10/h6,8H,4-5,7H2,1-3H3,(H4,12,13,14,15,16). The minimum Gasteiger partial charge on any atom is -0.383 e. The molecule has 0 spiro atoms. The van der Waals surface area contributed by atoms with Gasteiger partial charge in [0, 0.05) is 20.2 Å². The maximum atomic E-state index is 5.63. The van der Waals surface area contributed by atoms with Crippen LogP contribution in [0.4, 0.5) is 17.6 Å². The first-order valence-electron chi connectivity index (χ1n) is 5.77. The lowest BCUT2D eigenvalue weighted by atomic mass is 10.2. The highest BCUT2D eigenvalue weighted by molar-refractivity contribution is 5.51. The number of hydrogen-bond acceptors (Lipinski definition) is 6. The molecule has 6 nitrogen and oxygen atoms in total. The fourth-order valence-electron chi connectivity index (χ4n) is 1.62. The molecule has 0 aliphatic heterocycles. The van der Waals surface area contributed by atoms with E-state index in [1.807, 2.05) is 6.07 Å². The average Bonchev–Trinajstić information content (AvgIpc) is 2.29. The number of nitrogens with zero attached hydrogens (tertiary/aromatic N) is 2. The fraction of sp³-hybridized carbons (Fsp3) is 0.636. The van der Waals surface area contributed by atoms with Crippen LogP contribution in [0.25, 0.3) is 0 Å². The average molecular weight is 239 g/mol. The van der Waals surface area contributed by atoms with Gasteiger partial charge in [0.05, 0.1) is 12.6 Å². The molecule has 1 atom stereocenters. The number of hydrogen-bond donors (Lipinski definition) is 3. The summed E-state index contributed by atoms with van der Waals surface area (Å²) in [4.78, 5) is 8.18. The maximum Gasteiger partial charge on any atom is 0.223 e. The van der Waals surface area contributed by atoms with Gasteiger partial charge in [-0.05, 0) is 6.42 Å². The van der Waals surface area contributed by atoms with Gasteiger partial charge in [0.2, 0.25) is 5.95 Å². The van der Waals surface area contributed by atoms with Crippen molar-refractivity contribution in [1.82, 2.24) is 9.97 Å². The van der Waals surface area contributed by atoms with E-state index in [2.05, 4.69) is 27.5 Å². The van der Waals surface area contributed by atoms with E-state index in [0.29, 0.717) is 12.4 Å². The molecule has 4 N–H and O–H groups in total. The summed E-state index contributed by atoms with van der Waals surface area (Å²) >= 11 is 0. The molecule has 0 bridgehead atoms. The topological polar surface area (TPSA) is 85.1 Å². The highest BCUT2D eigenvalue weighted by Gasteiger charge is 2.09. The summed E-state index contributed by atoms with van der Waals surface area (Å²) in [5.41, 5.74) is 5.63. The first kappa shape index (κ1) is 13.5. The second-order valence-corrected chi connectivity index (χ2v) is 3.83. The van der Waals surface area contributed by atoms with Crippen LogP contribution in [0, 0.1) is 0 Å². The smallest absolute Gasteiger partial charge is 0.223 e. The molecule has 0 aromatic carbocycles. The van der Waals surface area contributed by atoms with Gasteiger partial charge >= 0.3 is 0 Å². The van der Waals surface area contributed by atoms with Gasteiger partial charge in [0.25, 0.3) is 0 Å². The highest BCUT2D eigenvalue weighted by atomic mass is 16.5. The van der Waals surface area contributed by atoms with Crippen molar-refractivity contribution in [3.8, 4) is 0 Å². The lowest BCUT2D eigenvalue weighted by molar-refractivity contribution is 0.182. The highest BCUT2D eigenvalue weighted by Crippen LogP contribution is 2.14. The van der Waals surface area contributed by atoms with E-state index in [9.17, 15) is 0 Å². The predicted octanol–water partition coefficient (Wildman–Crippen LogP) is 1.33. The third-order valence-electron chi connectivity index (χ3n) is 2.36. The number of nitrogens with two attached hydrogens (primary N) is 1. The molecule has 1 unspecified atom stereocenters. The van der Waals surface area contributed by atoms with Crippen molar-refractivity contribution in [1.29, 1.82) is 0 Å². The number of rotatable bonds is 7. The van der Waals surface area contributed by atoms with Gasteiger partial charge in [0.1, 0.15) is 11.6 Å². The third kappa shape index (κ3) is 4.44. The molecule has 1 heterocycles. The molecule has 0 amide bonds. The van der Waals surface area contributed by atoms with Crippen molar-refractivity contribution in [2.75, 3.05) is 37.1 Å². The van der Waals surface area contributed by atoms with Crippen LogP contribution in [0.15, 0.2) is 6.07 Å². The Balaban J connectivity index is 2.73. The van der Waals surface area contributed by atoms with Crippen LogP contribution in [0.5, 0.6) is 0 Å². The zero-order chi connectivity index (χ0) is 12.7. The molecule has 0 aliphatic carbocycles. The molecule has 17 heavy (non-hydrogen) atoms. The number of aromatic nitrogens is 2. The van der Waals surface area contributed by atoms with Gasteiger partial charge in [-0.1, -0.05) is 13.3 Å². The monoisotopic (exact) mass is 239 g/mol. The van der Waals surface area contributed by atoms with Crippen LogP contribution < -0.4 is 16.4 Å². The van der Waals surface area contributed by atoms with Gasteiger partial charge in [-0.25, -0.2) is 0 Å². The van der Waals surface area contributed by atoms with Gasteiger partial charge in [0.15, 0.2) is 0 Å². The molecule has 1 aromatic heterocycles. The third-order valence-corrected chi connectivity index (χ3v) is 2.36. The summed E-state index contributed by atoms with van der Waals surface area (Å²) in [5, 5.41) is 6.24. The fourth-order valence-corrected chi connectivity index (χ4v) is 1.62. The number of anilines is 3. The summed E-state index contributed by atoms with van der Waals surface area (Å²) in [5.74, 6) is 1.68. The molecule has 0 radical (unpaired) electrons. The van der Waals surface area contributed by atoms with Gasteiger partial charge < -0.3 is 21.1 Å². The zero-order valence-electron chi connectivity index (χ0n) is 10.7. The van der Waals surface area contributed by atoms with E-state index in [4.69, 9.17) is 10.5 Å². The van der Waals surface area contributed by atoms with Crippen molar-refractivity contribution in [3.63, 3.8) is 0 Å². The number of ether oxygens (including phenoxy) is 1. The van der Waals surface area contributed by atoms with Crippen molar-refractivity contribution in [2.45, 2.75) is 25.8 Å². The Kier molecular flexibility index (Phi) is 5.48. The van der Waals surface area contributed by atoms with E-state index in [0.717, 1.165) is 18.7 Å². The first-order valence-corrected chi connectivity index (χ1v) is 5.77. The van der Waals surface area contributed by atoms with Crippen molar-refractivity contribution in [3.05, 3.63) is 6.07 Å². The molecular formula is C11H21N5O. The van der Waals surface area contributed by atoms with Crippen LogP contribution in [0.1, 0.15) is 19.8 Å². The van der Waals surface area contributed by atoms with Crippen molar-refractivity contribution >= 4 is 17.6 Å². The minimum atomic E-state index is 0.240. The van der Waals surface area contributed by atoms with Gasteiger partial charge in [-0.2, -0.15) is 9.97 Å². The lowest BCUT2D eigenvalue weighted by Crippen LogP contribution is -2.25. The molecule has 6 heteroatoms. The summed E-state index contributed by atoms with van der Waals surface area (Å²) in [6.45, 7) is 2.78. The molecule has 0 saturated heterocycles. The second-order valence-electron chi connectivity index (χ2n) is 3.83. The largest absolute Gasteiger partial charge is 0.383 e. The molecule has 96 valence electrons. The molecular weight excluding hydrogens is 218 g/mol. The molecule has 1 rings (SSSR count). The van der Waals surface area contributed by atoms with E-state index in [-0.39, 0.29) is 12.0 Å². The summed E-state index contributed by atoms with van der Waals surface area (Å²) in [6.07, 6.45) is 2.10. The summed E-state index contributed by atoms with van der Waals surface area (Å²) < 4.78 is 5.16. The minimum absolute atomic E-state index is 0.240. The van der Waals surface area contributed by atoms with Crippen molar-refractivity contribution in [2.24, 2.45) is 0 Å². The molecule has 0 fully saturated rings. The Morgan fingerprint density at radius 1 is 1.41 bits per heavy atom. The van der Waals surface area contributed by atoms with Gasteiger partial charge in [-0.15, -0.1) is 0 Å². The summed E-state index contributed by atoms with van der Waals surface area (Å²) in [6, 6.07) is 2.07. The Bertz CT molecular complexity index is 339. The van der Waals surface area contributed by atoms with Gasteiger partial charge in [-0.3, -0.25) is 0 Å². The van der Waals surface area contributed by atoms with E-state index in [1.54, 1.807) is 14.2 Å². The second kappa shape index (κ2) is 6.90. The SMILES string of the molecule is CCCC(COC)Nc1cc(NC)nc(N)n1. The predicted molar refractivity (Wildman–Crippen MR) is 70.2 cm³/mol. The number of methoxy groups -OCH3 is 1. The van der Waals surface area contributed by atoms with Crippen LogP contribution in [-0.2, 0) is 4.74 Å². The normalized spacial score (nSPS) is 12.2. The maximum absolute atomic E-state index is 5.63. The lowest BCUT2D eigenvalue weighted by Gasteiger charge is -2.18.